The molecule has 0 radical (unpaired) electrons. The summed E-state index contributed by atoms with van der Waals surface area (Å²) in [5, 5.41) is 12.8. The Kier molecular flexibility index (Phi) is 4.10. The molecule has 1 fully saturated rings. The molecule has 5 aromatic rings. The molecule has 11 heteroatoms. The number of nitrogens with zero attached hydrogens (tertiary/aromatic N) is 8. The van der Waals surface area contributed by atoms with Gasteiger partial charge in [0.1, 0.15) is 11.7 Å². The summed E-state index contributed by atoms with van der Waals surface area (Å²) in [5.74, 6) is 0.247. The van der Waals surface area contributed by atoms with Crippen LogP contribution in [-0.4, -0.2) is 57.1 Å². The van der Waals surface area contributed by atoms with Gasteiger partial charge in [0.25, 0.3) is 5.89 Å². The van der Waals surface area contributed by atoms with E-state index in [0.29, 0.717) is 24.6 Å². The summed E-state index contributed by atoms with van der Waals surface area (Å²) >= 11 is 0. The lowest BCUT2D eigenvalue weighted by atomic mass is 9.99. The van der Waals surface area contributed by atoms with Crippen LogP contribution in [0.25, 0.3) is 17.1 Å². The molecule has 1 aliphatic heterocycles. The second-order valence-electron chi connectivity index (χ2n) is 8.56. The van der Waals surface area contributed by atoms with E-state index in [1.54, 1.807) is 17.4 Å². The molecule has 0 bridgehead atoms. The van der Waals surface area contributed by atoms with Crippen LogP contribution in [0.5, 0.6) is 0 Å². The standard InChI is InChI=1S/C23H19N9O2/c33-23(22-29-28-21(34-22)17-11-24-6-7-25-17)31-9-5-15-19(27-12-26-15)20(31)16-10-18-14(13-3-4-13)2-1-8-32(18)30-16/h1-2,6-8,10-13,20H,3-5,9H2,(H,26,27). The number of H-pyrrole nitrogens is 1. The van der Waals surface area contributed by atoms with Crippen LogP contribution in [0.3, 0.4) is 0 Å². The Hall–Kier alpha value is -4.41. The summed E-state index contributed by atoms with van der Waals surface area (Å²) in [6.45, 7) is 0.463. The van der Waals surface area contributed by atoms with Crippen molar-refractivity contribution in [1.29, 1.82) is 0 Å². The first-order valence-corrected chi connectivity index (χ1v) is 11.2. The van der Waals surface area contributed by atoms with E-state index in [2.05, 4.69) is 42.3 Å². The van der Waals surface area contributed by atoms with Crippen molar-refractivity contribution in [2.24, 2.45) is 0 Å². The highest BCUT2D eigenvalue weighted by molar-refractivity contribution is 5.90. The lowest BCUT2D eigenvalue weighted by Gasteiger charge is -2.32. The molecular formula is C23H19N9O2. The Balaban J connectivity index is 1.29. The maximum atomic E-state index is 13.6. The number of carbonyl (C=O) groups excluding carboxylic acids is 1. The van der Waals surface area contributed by atoms with Crippen LogP contribution in [0.2, 0.25) is 0 Å². The van der Waals surface area contributed by atoms with Gasteiger partial charge in [0, 0.05) is 37.3 Å². The van der Waals surface area contributed by atoms with Crippen molar-refractivity contribution in [3.05, 3.63) is 77.8 Å². The first-order chi connectivity index (χ1) is 16.8. The molecule has 5 aromatic heterocycles. The van der Waals surface area contributed by atoms with Gasteiger partial charge in [-0.05, 0) is 36.5 Å². The van der Waals surface area contributed by atoms with E-state index in [4.69, 9.17) is 9.52 Å². The number of nitrogens with one attached hydrogen (secondary N) is 1. The maximum Gasteiger partial charge on any atom is 0.312 e. The van der Waals surface area contributed by atoms with Crippen LogP contribution < -0.4 is 0 Å². The van der Waals surface area contributed by atoms with Gasteiger partial charge in [0.15, 0.2) is 0 Å². The van der Waals surface area contributed by atoms with Crippen LogP contribution in [0.1, 0.15) is 58.1 Å². The summed E-state index contributed by atoms with van der Waals surface area (Å²) in [6.07, 6.45) is 11.2. The van der Waals surface area contributed by atoms with Gasteiger partial charge in [-0.25, -0.2) is 14.5 Å². The van der Waals surface area contributed by atoms with E-state index >= 15 is 0 Å². The van der Waals surface area contributed by atoms with Crippen molar-refractivity contribution in [3.63, 3.8) is 0 Å². The topological polar surface area (TPSA) is 131 Å². The van der Waals surface area contributed by atoms with Crippen LogP contribution in [0, 0.1) is 0 Å². The molecule has 34 heavy (non-hydrogen) atoms. The number of imidazole rings is 1. The predicted molar refractivity (Wildman–Crippen MR) is 118 cm³/mol. The van der Waals surface area contributed by atoms with E-state index in [-0.39, 0.29) is 17.7 Å². The number of carbonyl (C=O) groups is 1. The van der Waals surface area contributed by atoms with E-state index in [1.165, 1.54) is 30.8 Å². The molecule has 1 saturated carbocycles. The minimum atomic E-state index is -0.471. The molecule has 1 amide bonds. The minimum absolute atomic E-state index is 0.105. The zero-order chi connectivity index (χ0) is 22.6. The third kappa shape index (κ3) is 3.00. The molecule has 7 rings (SSSR count). The molecule has 2 aliphatic rings. The zero-order valence-corrected chi connectivity index (χ0v) is 18.0. The van der Waals surface area contributed by atoms with Crippen LogP contribution >= 0.6 is 0 Å². The molecule has 0 saturated heterocycles. The highest BCUT2D eigenvalue weighted by Crippen LogP contribution is 2.43. The molecule has 11 nitrogen and oxygen atoms in total. The van der Waals surface area contributed by atoms with Crippen molar-refractivity contribution in [3.8, 4) is 11.6 Å². The fourth-order valence-corrected chi connectivity index (χ4v) is 4.67. The van der Waals surface area contributed by atoms with Gasteiger partial charge in [-0.1, -0.05) is 6.07 Å². The smallest absolute Gasteiger partial charge is 0.312 e. The summed E-state index contributed by atoms with van der Waals surface area (Å²) in [4.78, 5) is 31.2. The summed E-state index contributed by atoms with van der Waals surface area (Å²) in [6, 6.07) is 5.78. The van der Waals surface area contributed by atoms with Crippen molar-refractivity contribution >= 4 is 11.4 Å². The van der Waals surface area contributed by atoms with E-state index < -0.39 is 6.04 Å². The lowest BCUT2D eigenvalue weighted by molar-refractivity contribution is 0.0646. The molecule has 0 spiro atoms. The Morgan fingerprint density at radius 2 is 2.12 bits per heavy atom. The van der Waals surface area contributed by atoms with Gasteiger partial charge in [0.05, 0.1) is 29.4 Å². The third-order valence-electron chi connectivity index (χ3n) is 6.43. The Morgan fingerprint density at radius 3 is 2.97 bits per heavy atom. The second-order valence-corrected chi connectivity index (χ2v) is 8.56. The van der Waals surface area contributed by atoms with Gasteiger partial charge in [-0.2, -0.15) is 5.10 Å². The number of hydrogen-bond donors (Lipinski definition) is 1. The number of pyridine rings is 1. The molecular weight excluding hydrogens is 434 g/mol. The van der Waals surface area contributed by atoms with Gasteiger partial charge >= 0.3 is 11.8 Å². The van der Waals surface area contributed by atoms with Crippen LogP contribution in [0.4, 0.5) is 0 Å². The minimum Gasteiger partial charge on any atom is -0.411 e. The van der Waals surface area contributed by atoms with E-state index in [9.17, 15) is 4.79 Å². The van der Waals surface area contributed by atoms with Crippen LogP contribution in [-0.2, 0) is 6.42 Å². The molecule has 168 valence electrons. The van der Waals surface area contributed by atoms with E-state index in [1.807, 2.05) is 16.8 Å². The fourth-order valence-electron chi connectivity index (χ4n) is 4.67. The third-order valence-corrected chi connectivity index (χ3v) is 6.43. The number of aromatic nitrogens is 8. The number of aromatic amines is 1. The quantitative estimate of drug-likeness (QED) is 0.439. The summed E-state index contributed by atoms with van der Waals surface area (Å²) < 4.78 is 7.58. The monoisotopic (exact) mass is 453 g/mol. The Bertz CT molecular complexity index is 1520. The SMILES string of the molecule is O=C(c1nnc(-c2cnccn2)o1)N1CCc2[nH]cnc2C1c1cc2c(C3CC3)cccn2n1. The molecule has 0 aromatic carbocycles. The number of hydrogen-bond acceptors (Lipinski definition) is 8. The van der Waals surface area contributed by atoms with Gasteiger partial charge in [-0.15, -0.1) is 10.2 Å². The predicted octanol–water partition coefficient (Wildman–Crippen LogP) is 2.56. The average Bonchev–Trinajstić information content (AvgIpc) is 3.27. The largest absolute Gasteiger partial charge is 0.411 e. The second kappa shape index (κ2) is 7.30. The first kappa shape index (κ1) is 19.1. The highest BCUT2D eigenvalue weighted by atomic mass is 16.4. The first-order valence-electron chi connectivity index (χ1n) is 11.2. The van der Waals surface area contributed by atoms with Gasteiger partial charge in [-0.3, -0.25) is 9.78 Å². The summed E-state index contributed by atoms with van der Waals surface area (Å²) in [7, 11) is 0. The highest BCUT2D eigenvalue weighted by Gasteiger charge is 2.38. The normalized spacial score (nSPS) is 17.8. The lowest BCUT2D eigenvalue weighted by Crippen LogP contribution is -2.41. The van der Waals surface area contributed by atoms with Gasteiger partial charge in [0.2, 0.25) is 0 Å². The van der Waals surface area contributed by atoms with Crippen molar-refractivity contribution in [2.75, 3.05) is 6.54 Å². The maximum absolute atomic E-state index is 13.6. The number of rotatable bonds is 4. The van der Waals surface area contributed by atoms with Crippen molar-refractivity contribution in [1.82, 2.24) is 44.6 Å². The molecule has 6 heterocycles. The van der Waals surface area contributed by atoms with Crippen LogP contribution in [0.15, 0.2) is 53.7 Å². The number of amides is 1. The van der Waals surface area contributed by atoms with Crippen molar-refractivity contribution < 1.29 is 9.21 Å². The fraction of sp³-hybridized carbons (Fsp3) is 0.261. The van der Waals surface area contributed by atoms with Crippen molar-refractivity contribution in [2.45, 2.75) is 31.2 Å². The van der Waals surface area contributed by atoms with Gasteiger partial charge < -0.3 is 14.3 Å². The molecule has 1 unspecified atom stereocenters. The number of fused-ring (bicyclic) bond motifs is 2. The molecule has 1 N–H and O–H groups in total. The zero-order valence-electron chi connectivity index (χ0n) is 18.0. The molecule has 1 atom stereocenters. The average molecular weight is 453 g/mol. The summed E-state index contributed by atoms with van der Waals surface area (Å²) in [5.41, 5.74) is 5.30. The molecule has 1 aliphatic carbocycles. The Labute approximate surface area is 192 Å². The van der Waals surface area contributed by atoms with E-state index in [0.717, 1.165) is 22.6 Å². The Morgan fingerprint density at radius 1 is 1.18 bits per heavy atom.